The molecule has 106 valence electrons. The number of amides is 1. The Hall–Kier alpha value is -0.970. The molecule has 0 aromatic carbocycles. The van der Waals surface area contributed by atoms with E-state index in [1.54, 1.807) is 18.4 Å². The van der Waals surface area contributed by atoms with Crippen LogP contribution in [0.1, 0.15) is 39.5 Å². The minimum absolute atomic E-state index is 0.00722. The van der Waals surface area contributed by atoms with Crippen LogP contribution in [0, 0.1) is 11.8 Å². The van der Waals surface area contributed by atoms with Crippen LogP contribution in [0.15, 0.2) is 11.5 Å². The molecular formula is C14H21NO3S. The van der Waals surface area contributed by atoms with Crippen molar-refractivity contribution >= 4 is 23.6 Å². The van der Waals surface area contributed by atoms with Crippen molar-refractivity contribution in [1.82, 2.24) is 5.32 Å². The number of carbonyl (C=O) groups is 2. The molecule has 0 aromatic heterocycles. The molecule has 2 atom stereocenters. The largest absolute Gasteiger partial charge is 0.480 e. The first-order chi connectivity index (χ1) is 8.92. The molecule has 0 saturated heterocycles. The second-order valence-electron chi connectivity index (χ2n) is 5.89. The van der Waals surface area contributed by atoms with Crippen LogP contribution >= 0.6 is 11.8 Å². The lowest BCUT2D eigenvalue weighted by molar-refractivity contribution is -0.137. The molecule has 1 fully saturated rings. The minimum atomic E-state index is -0.880. The third-order valence-corrected chi connectivity index (χ3v) is 5.43. The van der Waals surface area contributed by atoms with Crippen LogP contribution in [-0.2, 0) is 9.59 Å². The highest BCUT2D eigenvalue weighted by atomic mass is 32.2. The third-order valence-electron chi connectivity index (χ3n) is 4.18. The molecule has 2 N–H and O–H groups in total. The fraction of sp³-hybridized carbons (Fsp3) is 0.714. The van der Waals surface area contributed by atoms with E-state index in [-0.39, 0.29) is 11.8 Å². The first kappa shape index (κ1) is 14.4. The molecular weight excluding hydrogens is 262 g/mol. The lowest BCUT2D eigenvalue weighted by Crippen LogP contribution is -2.54. The predicted molar refractivity (Wildman–Crippen MR) is 75.8 cm³/mol. The van der Waals surface area contributed by atoms with E-state index in [1.807, 2.05) is 0 Å². The zero-order valence-electron chi connectivity index (χ0n) is 11.4. The Balaban J connectivity index is 1.98. The van der Waals surface area contributed by atoms with Crippen molar-refractivity contribution in [1.29, 1.82) is 0 Å². The van der Waals surface area contributed by atoms with Gasteiger partial charge in [0.25, 0.3) is 0 Å². The molecule has 0 radical (unpaired) electrons. The standard InChI is InChI=1S/C14H21NO3S/c1-9-3-5-10(6-4-9)12(16)15-14(2)7-8-19-11(14)13(17)18/h7-11H,3-6H2,1-2H3,(H,15,16)(H,17,18)/t9-,10-,11?,14?. The highest BCUT2D eigenvalue weighted by Gasteiger charge is 2.43. The monoisotopic (exact) mass is 283 g/mol. The van der Waals surface area contributed by atoms with Crippen LogP contribution in [0.3, 0.4) is 0 Å². The number of rotatable bonds is 3. The van der Waals surface area contributed by atoms with Crippen LogP contribution in [0.25, 0.3) is 0 Å². The van der Waals surface area contributed by atoms with Crippen molar-refractivity contribution in [3.63, 3.8) is 0 Å². The topological polar surface area (TPSA) is 66.4 Å². The average Bonchev–Trinajstić information content (AvgIpc) is 2.71. The third kappa shape index (κ3) is 3.14. The van der Waals surface area contributed by atoms with Crippen molar-refractivity contribution in [3.05, 3.63) is 11.5 Å². The number of carboxylic acids is 1. The summed E-state index contributed by atoms with van der Waals surface area (Å²) >= 11 is 1.25. The van der Waals surface area contributed by atoms with Crippen LogP contribution in [0.5, 0.6) is 0 Å². The van der Waals surface area contributed by atoms with Crippen molar-refractivity contribution in [2.45, 2.75) is 50.3 Å². The highest BCUT2D eigenvalue weighted by molar-refractivity contribution is 8.03. The minimum Gasteiger partial charge on any atom is -0.480 e. The van der Waals surface area contributed by atoms with Gasteiger partial charge in [-0.2, -0.15) is 0 Å². The van der Waals surface area contributed by atoms with E-state index in [1.165, 1.54) is 11.8 Å². The Morgan fingerprint density at radius 3 is 2.53 bits per heavy atom. The summed E-state index contributed by atoms with van der Waals surface area (Å²) in [5, 5.41) is 13.3. The van der Waals surface area contributed by atoms with Crippen LogP contribution in [0.2, 0.25) is 0 Å². The molecule has 0 spiro atoms. The lowest BCUT2D eigenvalue weighted by Gasteiger charge is -2.32. The molecule has 1 aliphatic carbocycles. The molecule has 0 aromatic rings. The summed E-state index contributed by atoms with van der Waals surface area (Å²) in [6.45, 7) is 4.00. The number of aliphatic carboxylic acids is 1. The van der Waals surface area contributed by atoms with Gasteiger partial charge in [0, 0.05) is 5.92 Å². The number of carbonyl (C=O) groups excluding carboxylic acids is 1. The summed E-state index contributed by atoms with van der Waals surface area (Å²) < 4.78 is 0. The van der Waals surface area contributed by atoms with Gasteiger partial charge in [-0.3, -0.25) is 9.59 Å². The van der Waals surface area contributed by atoms with Gasteiger partial charge in [-0.15, -0.1) is 11.8 Å². The van der Waals surface area contributed by atoms with Crippen molar-refractivity contribution < 1.29 is 14.7 Å². The molecule has 2 rings (SSSR count). The van der Waals surface area contributed by atoms with Crippen LogP contribution < -0.4 is 5.32 Å². The van der Waals surface area contributed by atoms with E-state index in [2.05, 4.69) is 12.2 Å². The normalized spacial score (nSPS) is 38.1. The number of carboxylic acid groups (broad SMARTS) is 1. The van der Waals surface area contributed by atoms with Gasteiger partial charge >= 0.3 is 5.97 Å². The summed E-state index contributed by atoms with van der Waals surface area (Å²) in [5.41, 5.74) is -0.767. The number of thioether (sulfide) groups is 1. The fourth-order valence-corrected chi connectivity index (χ4v) is 3.85. The molecule has 1 aliphatic heterocycles. The molecule has 2 aliphatic rings. The zero-order valence-corrected chi connectivity index (χ0v) is 12.2. The summed E-state index contributed by atoms with van der Waals surface area (Å²) in [5.74, 6) is -0.127. The Bertz CT molecular complexity index is 401. The van der Waals surface area contributed by atoms with Crippen molar-refractivity contribution in [3.8, 4) is 0 Å². The van der Waals surface area contributed by atoms with Gasteiger partial charge < -0.3 is 10.4 Å². The van der Waals surface area contributed by atoms with Gasteiger partial charge in [0.1, 0.15) is 5.25 Å². The summed E-state index contributed by atoms with van der Waals surface area (Å²) in [6.07, 6.45) is 5.79. The molecule has 19 heavy (non-hydrogen) atoms. The molecule has 2 unspecified atom stereocenters. The Kier molecular flexibility index (Phi) is 4.23. The molecule has 1 heterocycles. The van der Waals surface area contributed by atoms with E-state index in [4.69, 9.17) is 0 Å². The molecule has 1 saturated carbocycles. The van der Waals surface area contributed by atoms with Gasteiger partial charge in [-0.05, 0) is 43.9 Å². The van der Waals surface area contributed by atoms with Crippen LogP contribution in [-0.4, -0.2) is 27.8 Å². The van der Waals surface area contributed by atoms with Crippen molar-refractivity contribution in [2.24, 2.45) is 11.8 Å². The second kappa shape index (κ2) is 5.57. The first-order valence-electron chi connectivity index (χ1n) is 6.80. The lowest BCUT2D eigenvalue weighted by atomic mass is 9.82. The molecule has 0 bridgehead atoms. The Morgan fingerprint density at radius 1 is 1.32 bits per heavy atom. The highest BCUT2D eigenvalue weighted by Crippen LogP contribution is 2.35. The SMILES string of the molecule is CC1(NC(=O)[C@H]2CC[C@H](C)CC2)C=CSC1C(=O)O. The molecule has 1 amide bonds. The molecule has 5 heteroatoms. The first-order valence-corrected chi connectivity index (χ1v) is 7.74. The van der Waals surface area contributed by atoms with E-state index in [9.17, 15) is 14.7 Å². The van der Waals surface area contributed by atoms with Crippen molar-refractivity contribution in [2.75, 3.05) is 0 Å². The van der Waals surface area contributed by atoms with Gasteiger partial charge in [-0.1, -0.05) is 13.0 Å². The molecule has 4 nitrogen and oxygen atoms in total. The maximum atomic E-state index is 12.3. The zero-order chi connectivity index (χ0) is 14.0. The maximum absolute atomic E-state index is 12.3. The number of hydrogen-bond donors (Lipinski definition) is 2. The maximum Gasteiger partial charge on any atom is 0.319 e. The predicted octanol–water partition coefficient (Wildman–Crippen LogP) is 2.40. The van der Waals surface area contributed by atoms with E-state index >= 15 is 0 Å². The van der Waals surface area contributed by atoms with Gasteiger partial charge in [-0.25, -0.2) is 0 Å². The van der Waals surface area contributed by atoms with E-state index < -0.39 is 16.8 Å². The van der Waals surface area contributed by atoms with Gasteiger partial charge in [0.15, 0.2) is 0 Å². The summed E-state index contributed by atoms with van der Waals surface area (Å²) in [4.78, 5) is 23.5. The number of nitrogens with one attached hydrogen (secondary N) is 1. The van der Waals surface area contributed by atoms with E-state index in [0.29, 0.717) is 5.92 Å². The van der Waals surface area contributed by atoms with Gasteiger partial charge in [0.2, 0.25) is 5.91 Å². The Labute approximate surface area is 118 Å². The number of hydrogen-bond acceptors (Lipinski definition) is 3. The van der Waals surface area contributed by atoms with Crippen LogP contribution in [0.4, 0.5) is 0 Å². The summed E-state index contributed by atoms with van der Waals surface area (Å²) in [6, 6.07) is 0. The second-order valence-corrected chi connectivity index (χ2v) is 6.90. The van der Waals surface area contributed by atoms with Gasteiger partial charge in [0.05, 0.1) is 5.54 Å². The quantitative estimate of drug-likeness (QED) is 0.834. The Morgan fingerprint density at radius 2 is 1.95 bits per heavy atom. The fourth-order valence-electron chi connectivity index (χ4n) is 2.80. The summed E-state index contributed by atoms with van der Waals surface area (Å²) in [7, 11) is 0. The average molecular weight is 283 g/mol. The van der Waals surface area contributed by atoms with E-state index in [0.717, 1.165) is 25.7 Å². The smallest absolute Gasteiger partial charge is 0.319 e.